The number of fused-ring (bicyclic) bond motifs is 3. The molecule has 7 heteroatoms. The van der Waals surface area contributed by atoms with Gasteiger partial charge in [-0.3, -0.25) is 9.56 Å². The van der Waals surface area contributed by atoms with Gasteiger partial charge in [0.05, 0.1) is 16.4 Å². The molecule has 0 amide bonds. The van der Waals surface area contributed by atoms with Gasteiger partial charge >= 0.3 is 0 Å². The summed E-state index contributed by atoms with van der Waals surface area (Å²) in [5.41, 5.74) is 2.36. The van der Waals surface area contributed by atoms with Crippen LogP contribution in [0.3, 0.4) is 0 Å². The SMILES string of the molecule is Fc1ccc2c(n1)C(c1ccccc1Cl)=NCc1nncn1-2. The van der Waals surface area contributed by atoms with Crippen LogP contribution in [0.4, 0.5) is 4.39 Å². The molecule has 0 saturated carbocycles. The minimum Gasteiger partial charge on any atom is -0.282 e. The fraction of sp³-hybridized carbons (Fsp3) is 0.0667. The van der Waals surface area contributed by atoms with Crippen molar-refractivity contribution in [1.29, 1.82) is 0 Å². The summed E-state index contributed by atoms with van der Waals surface area (Å²) in [7, 11) is 0. The maximum atomic E-state index is 13.7. The van der Waals surface area contributed by atoms with Gasteiger partial charge in [0, 0.05) is 5.56 Å². The zero-order chi connectivity index (χ0) is 15.1. The topological polar surface area (TPSA) is 56.0 Å². The highest BCUT2D eigenvalue weighted by Crippen LogP contribution is 2.26. The maximum absolute atomic E-state index is 13.7. The van der Waals surface area contributed by atoms with Crippen molar-refractivity contribution in [2.24, 2.45) is 4.99 Å². The predicted molar refractivity (Wildman–Crippen MR) is 79.9 cm³/mol. The molecule has 0 bridgehead atoms. The average molecular weight is 314 g/mol. The zero-order valence-electron chi connectivity index (χ0n) is 11.2. The number of aliphatic imine (C=N–C) groups is 1. The Balaban J connectivity index is 2.01. The van der Waals surface area contributed by atoms with E-state index >= 15 is 0 Å². The number of hydrogen-bond donors (Lipinski definition) is 0. The summed E-state index contributed by atoms with van der Waals surface area (Å²) in [5, 5.41) is 8.46. The van der Waals surface area contributed by atoms with Crippen LogP contribution < -0.4 is 0 Å². The molecule has 1 aliphatic heterocycles. The lowest BCUT2D eigenvalue weighted by Crippen LogP contribution is -2.11. The predicted octanol–water partition coefficient (Wildman–Crippen LogP) is 2.81. The van der Waals surface area contributed by atoms with E-state index in [9.17, 15) is 4.39 Å². The van der Waals surface area contributed by atoms with Gasteiger partial charge < -0.3 is 0 Å². The van der Waals surface area contributed by atoms with Crippen LogP contribution in [0.5, 0.6) is 0 Å². The van der Waals surface area contributed by atoms with Crippen LogP contribution in [0.2, 0.25) is 5.02 Å². The molecule has 3 heterocycles. The monoisotopic (exact) mass is 313 g/mol. The Bertz CT molecular complexity index is 902. The highest BCUT2D eigenvalue weighted by molar-refractivity contribution is 6.35. The molecule has 0 radical (unpaired) electrons. The summed E-state index contributed by atoms with van der Waals surface area (Å²) >= 11 is 6.27. The second kappa shape index (κ2) is 4.99. The Hall–Kier alpha value is -2.60. The smallest absolute Gasteiger partial charge is 0.213 e. The van der Waals surface area contributed by atoms with Gasteiger partial charge in [0.15, 0.2) is 5.82 Å². The quantitative estimate of drug-likeness (QED) is 0.649. The van der Waals surface area contributed by atoms with Crippen molar-refractivity contribution in [3.8, 4) is 5.69 Å². The van der Waals surface area contributed by atoms with Crippen LogP contribution in [-0.4, -0.2) is 25.5 Å². The second-order valence-electron chi connectivity index (χ2n) is 4.76. The van der Waals surface area contributed by atoms with E-state index in [0.717, 1.165) is 0 Å². The molecule has 2 aromatic heterocycles. The molecule has 1 aliphatic rings. The second-order valence-corrected chi connectivity index (χ2v) is 5.17. The maximum Gasteiger partial charge on any atom is 0.213 e. The largest absolute Gasteiger partial charge is 0.282 e. The molecule has 0 fully saturated rings. The molecule has 0 N–H and O–H groups in total. The Kier molecular flexibility index (Phi) is 2.97. The summed E-state index contributed by atoms with van der Waals surface area (Å²) in [6.45, 7) is 0.318. The lowest BCUT2D eigenvalue weighted by molar-refractivity contribution is 0.582. The molecule has 22 heavy (non-hydrogen) atoms. The van der Waals surface area contributed by atoms with Crippen LogP contribution in [0.15, 0.2) is 47.7 Å². The van der Waals surface area contributed by atoms with Crippen molar-refractivity contribution in [3.63, 3.8) is 0 Å². The Morgan fingerprint density at radius 1 is 1.14 bits per heavy atom. The Morgan fingerprint density at radius 3 is 2.86 bits per heavy atom. The fourth-order valence-corrected chi connectivity index (χ4v) is 2.68. The molecule has 5 nitrogen and oxygen atoms in total. The molecule has 0 saturated heterocycles. The Morgan fingerprint density at radius 2 is 2.00 bits per heavy atom. The molecule has 0 aliphatic carbocycles. The van der Waals surface area contributed by atoms with Gasteiger partial charge in [0.25, 0.3) is 0 Å². The van der Waals surface area contributed by atoms with Crippen molar-refractivity contribution < 1.29 is 4.39 Å². The van der Waals surface area contributed by atoms with E-state index in [1.165, 1.54) is 6.07 Å². The van der Waals surface area contributed by atoms with E-state index in [1.807, 2.05) is 18.2 Å². The standard InChI is InChI=1S/C15H9ClFN5/c16-10-4-2-1-3-9(10)14-15-11(5-6-12(17)20-15)22-8-19-21-13(22)7-18-14/h1-6,8H,7H2. The van der Waals surface area contributed by atoms with E-state index < -0.39 is 5.95 Å². The number of halogens is 2. The average Bonchev–Trinajstić information content (AvgIpc) is 2.92. The zero-order valence-corrected chi connectivity index (χ0v) is 12.0. The number of benzene rings is 1. The van der Waals surface area contributed by atoms with Gasteiger partial charge in [-0.2, -0.15) is 4.39 Å². The van der Waals surface area contributed by atoms with Gasteiger partial charge in [-0.1, -0.05) is 29.8 Å². The fourth-order valence-electron chi connectivity index (χ4n) is 2.46. The molecule has 108 valence electrons. The molecular weight excluding hydrogens is 305 g/mol. The first-order valence-electron chi connectivity index (χ1n) is 6.59. The molecule has 1 aromatic carbocycles. The summed E-state index contributed by atoms with van der Waals surface area (Å²) in [6.07, 6.45) is 1.57. The van der Waals surface area contributed by atoms with Gasteiger partial charge in [0.1, 0.15) is 18.6 Å². The van der Waals surface area contributed by atoms with E-state index in [0.29, 0.717) is 40.0 Å². The third-order valence-electron chi connectivity index (χ3n) is 3.45. The summed E-state index contributed by atoms with van der Waals surface area (Å²) in [6, 6.07) is 10.2. The third-order valence-corrected chi connectivity index (χ3v) is 3.78. The number of aromatic nitrogens is 4. The molecular formula is C15H9ClFN5. The summed E-state index contributed by atoms with van der Waals surface area (Å²) in [4.78, 5) is 8.55. The minimum atomic E-state index is -0.574. The summed E-state index contributed by atoms with van der Waals surface area (Å²) < 4.78 is 15.4. The molecule has 4 rings (SSSR count). The highest BCUT2D eigenvalue weighted by atomic mass is 35.5. The van der Waals surface area contributed by atoms with E-state index in [2.05, 4.69) is 20.2 Å². The van der Waals surface area contributed by atoms with Gasteiger partial charge in [0.2, 0.25) is 5.95 Å². The highest BCUT2D eigenvalue weighted by Gasteiger charge is 2.22. The van der Waals surface area contributed by atoms with E-state index in [-0.39, 0.29) is 0 Å². The van der Waals surface area contributed by atoms with E-state index in [4.69, 9.17) is 11.6 Å². The van der Waals surface area contributed by atoms with Crippen molar-refractivity contribution in [2.75, 3.05) is 0 Å². The van der Waals surface area contributed by atoms with Gasteiger partial charge in [-0.15, -0.1) is 10.2 Å². The first-order chi connectivity index (χ1) is 10.7. The minimum absolute atomic E-state index is 0.318. The first-order valence-corrected chi connectivity index (χ1v) is 6.97. The van der Waals surface area contributed by atoms with Crippen molar-refractivity contribution in [3.05, 3.63) is 70.8 Å². The Labute approximate surface area is 130 Å². The lowest BCUT2D eigenvalue weighted by Gasteiger charge is -2.11. The van der Waals surface area contributed by atoms with Crippen LogP contribution in [-0.2, 0) is 6.54 Å². The van der Waals surface area contributed by atoms with Crippen LogP contribution in [0, 0.1) is 5.95 Å². The first kappa shape index (κ1) is 13.1. The number of hydrogen-bond acceptors (Lipinski definition) is 4. The number of nitrogens with zero attached hydrogens (tertiary/aromatic N) is 5. The number of pyridine rings is 1. The van der Waals surface area contributed by atoms with Crippen LogP contribution >= 0.6 is 11.6 Å². The van der Waals surface area contributed by atoms with E-state index in [1.54, 1.807) is 23.0 Å². The van der Waals surface area contributed by atoms with Gasteiger partial charge in [-0.05, 0) is 18.2 Å². The van der Waals surface area contributed by atoms with Crippen molar-refractivity contribution in [2.45, 2.75) is 6.54 Å². The summed E-state index contributed by atoms with van der Waals surface area (Å²) in [5.74, 6) is 0.0896. The van der Waals surface area contributed by atoms with Crippen LogP contribution in [0.1, 0.15) is 17.1 Å². The van der Waals surface area contributed by atoms with Crippen LogP contribution in [0.25, 0.3) is 5.69 Å². The molecule has 0 atom stereocenters. The molecule has 3 aromatic rings. The lowest BCUT2D eigenvalue weighted by atomic mass is 10.1. The number of rotatable bonds is 1. The van der Waals surface area contributed by atoms with Gasteiger partial charge in [-0.25, -0.2) is 4.98 Å². The van der Waals surface area contributed by atoms with Crippen molar-refractivity contribution in [1.82, 2.24) is 19.7 Å². The van der Waals surface area contributed by atoms with Crippen molar-refractivity contribution >= 4 is 17.3 Å². The molecule has 0 spiro atoms. The molecule has 0 unspecified atom stereocenters. The normalized spacial score (nSPS) is 13.1. The third kappa shape index (κ3) is 2.00.